The molecule has 0 bridgehead atoms. The van der Waals surface area contributed by atoms with E-state index >= 15 is 0 Å². The highest BCUT2D eigenvalue weighted by Crippen LogP contribution is 2.51. The van der Waals surface area contributed by atoms with Crippen LogP contribution in [0.25, 0.3) is 0 Å². The molecule has 1 aliphatic heterocycles. The van der Waals surface area contributed by atoms with Gasteiger partial charge in [-0.2, -0.15) is 0 Å². The number of ether oxygens (including phenoxy) is 5. The second kappa shape index (κ2) is 8.00. The van der Waals surface area contributed by atoms with Crippen LogP contribution in [0.2, 0.25) is 0 Å². The van der Waals surface area contributed by atoms with Gasteiger partial charge in [0.25, 0.3) is 11.5 Å². The van der Waals surface area contributed by atoms with Crippen molar-refractivity contribution in [3.8, 4) is 17.2 Å². The number of anilines is 1. The fraction of sp³-hybridized carbons (Fsp3) is 0.333. The third-order valence-electron chi connectivity index (χ3n) is 5.08. The SMILES string of the molecule is COC(=O)[C@@]1(OC)C(=O)N(c2ccc(OC)cc2)[C@H]1c1ccc(OC)cc1OC. The van der Waals surface area contributed by atoms with Crippen molar-refractivity contribution in [2.24, 2.45) is 0 Å². The third kappa shape index (κ3) is 3.05. The molecule has 2 aromatic carbocycles. The molecule has 0 radical (unpaired) electrons. The smallest absolute Gasteiger partial charge is 0.350 e. The van der Waals surface area contributed by atoms with E-state index in [0.717, 1.165) is 0 Å². The van der Waals surface area contributed by atoms with Crippen molar-refractivity contribution in [1.29, 1.82) is 0 Å². The largest absolute Gasteiger partial charge is 0.497 e. The first-order chi connectivity index (χ1) is 14.0. The Morgan fingerprint density at radius 1 is 0.897 bits per heavy atom. The zero-order valence-electron chi connectivity index (χ0n) is 16.9. The van der Waals surface area contributed by atoms with E-state index in [1.54, 1.807) is 56.7 Å². The molecule has 0 aromatic heterocycles. The third-order valence-corrected chi connectivity index (χ3v) is 5.08. The number of carbonyl (C=O) groups excluding carboxylic acids is 2. The van der Waals surface area contributed by atoms with Crippen molar-refractivity contribution in [2.45, 2.75) is 11.6 Å². The van der Waals surface area contributed by atoms with Gasteiger partial charge in [-0.1, -0.05) is 0 Å². The van der Waals surface area contributed by atoms with Crippen LogP contribution in [0.15, 0.2) is 42.5 Å². The maximum atomic E-state index is 13.2. The number of hydrogen-bond donors (Lipinski definition) is 0. The summed E-state index contributed by atoms with van der Waals surface area (Å²) in [6, 6.07) is 11.3. The number of methoxy groups -OCH3 is 5. The van der Waals surface area contributed by atoms with Crippen LogP contribution in [0.4, 0.5) is 5.69 Å². The van der Waals surface area contributed by atoms with Crippen LogP contribution in [0, 0.1) is 0 Å². The summed E-state index contributed by atoms with van der Waals surface area (Å²) >= 11 is 0. The number of hydrogen-bond acceptors (Lipinski definition) is 7. The molecule has 1 aliphatic rings. The Morgan fingerprint density at radius 3 is 2.03 bits per heavy atom. The number of amides is 1. The molecule has 0 saturated carbocycles. The Bertz CT molecular complexity index is 912. The van der Waals surface area contributed by atoms with Crippen LogP contribution >= 0.6 is 0 Å². The fourth-order valence-electron chi connectivity index (χ4n) is 3.57. The maximum absolute atomic E-state index is 13.2. The molecule has 1 fully saturated rings. The second-order valence-electron chi connectivity index (χ2n) is 6.31. The zero-order chi connectivity index (χ0) is 21.2. The number of rotatable bonds is 7. The first-order valence-electron chi connectivity index (χ1n) is 8.81. The van der Waals surface area contributed by atoms with Crippen molar-refractivity contribution < 1.29 is 33.3 Å². The lowest BCUT2D eigenvalue weighted by molar-refractivity contribution is -0.185. The summed E-state index contributed by atoms with van der Waals surface area (Å²) in [7, 11) is 7.13. The molecule has 2 aromatic rings. The van der Waals surface area contributed by atoms with Gasteiger partial charge in [0.15, 0.2) is 0 Å². The van der Waals surface area contributed by atoms with Gasteiger partial charge >= 0.3 is 5.97 Å². The van der Waals surface area contributed by atoms with E-state index in [1.165, 1.54) is 26.2 Å². The Morgan fingerprint density at radius 2 is 1.52 bits per heavy atom. The van der Waals surface area contributed by atoms with Crippen molar-refractivity contribution in [3.05, 3.63) is 48.0 Å². The number of esters is 1. The number of β-lactam (4-membered cyclic amide) rings is 1. The number of carbonyl (C=O) groups is 2. The van der Waals surface area contributed by atoms with Gasteiger partial charge in [0.2, 0.25) is 0 Å². The molecule has 8 heteroatoms. The molecule has 0 spiro atoms. The number of nitrogens with zero attached hydrogens (tertiary/aromatic N) is 1. The molecule has 3 rings (SSSR count). The van der Waals surface area contributed by atoms with Gasteiger partial charge in [-0.05, 0) is 36.4 Å². The summed E-state index contributed by atoms with van der Waals surface area (Å²) in [4.78, 5) is 27.3. The highest BCUT2D eigenvalue weighted by atomic mass is 16.6. The predicted octanol–water partition coefficient (Wildman–Crippen LogP) is 2.36. The lowest BCUT2D eigenvalue weighted by Gasteiger charge is -2.52. The van der Waals surface area contributed by atoms with Crippen molar-refractivity contribution in [1.82, 2.24) is 0 Å². The predicted molar refractivity (Wildman–Crippen MR) is 105 cm³/mol. The van der Waals surface area contributed by atoms with Crippen LogP contribution < -0.4 is 19.1 Å². The van der Waals surface area contributed by atoms with Crippen molar-refractivity contribution in [3.63, 3.8) is 0 Å². The van der Waals surface area contributed by atoms with Gasteiger partial charge in [-0.15, -0.1) is 0 Å². The number of benzene rings is 2. The molecular formula is C21H23NO7. The monoisotopic (exact) mass is 401 g/mol. The van der Waals surface area contributed by atoms with E-state index in [1.807, 2.05) is 0 Å². The molecule has 0 aliphatic carbocycles. The van der Waals surface area contributed by atoms with Crippen molar-refractivity contribution >= 4 is 17.6 Å². The minimum absolute atomic E-state index is 0.450. The van der Waals surface area contributed by atoms with Gasteiger partial charge < -0.3 is 23.7 Å². The van der Waals surface area contributed by atoms with Gasteiger partial charge in [0.1, 0.15) is 23.3 Å². The Balaban J connectivity index is 2.17. The minimum atomic E-state index is -1.82. The summed E-state index contributed by atoms with van der Waals surface area (Å²) in [5.74, 6) is 0.364. The summed E-state index contributed by atoms with van der Waals surface area (Å²) in [5, 5.41) is 0. The molecule has 8 nitrogen and oxygen atoms in total. The van der Waals surface area contributed by atoms with E-state index in [2.05, 4.69) is 0 Å². The molecule has 1 amide bonds. The lowest BCUT2D eigenvalue weighted by atomic mass is 9.76. The minimum Gasteiger partial charge on any atom is -0.497 e. The van der Waals surface area contributed by atoms with E-state index in [0.29, 0.717) is 28.5 Å². The van der Waals surface area contributed by atoms with Crippen LogP contribution in [-0.2, 0) is 19.1 Å². The highest BCUT2D eigenvalue weighted by molar-refractivity contribution is 6.21. The van der Waals surface area contributed by atoms with Gasteiger partial charge in [-0.3, -0.25) is 9.69 Å². The maximum Gasteiger partial charge on any atom is 0.350 e. The van der Waals surface area contributed by atoms with E-state index < -0.39 is 23.5 Å². The average molecular weight is 401 g/mol. The molecular weight excluding hydrogens is 378 g/mol. The molecule has 2 atom stereocenters. The second-order valence-corrected chi connectivity index (χ2v) is 6.31. The zero-order valence-corrected chi connectivity index (χ0v) is 16.9. The average Bonchev–Trinajstić information content (AvgIpc) is 2.77. The Labute approximate surface area is 168 Å². The normalized spacial score (nSPS) is 20.7. The van der Waals surface area contributed by atoms with Crippen LogP contribution in [-0.4, -0.2) is 53.0 Å². The topological polar surface area (TPSA) is 83.5 Å². The summed E-state index contributed by atoms with van der Waals surface area (Å²) < 4.78 is 26.3. The van der Waals surface area contributed by atoms with E-state index in [4.69, 9.17) is 23.7 Å². The summed E-state index contributed by atoms with van der Waals surface area (Å²) in [5.41, 5.74) is -0.664. The van der Waals surface area contributed by atoms with Gasteiger partial charge in [0.05, 0.1) is 28.4 Å². The molecule has 154 valence electrons. The van der Waals surface area contributed by atoms with E-state index in [9.17, 15) is 9.59 Å². The molecule has 1 heterocycles. The van der Waals surface area contributed by atoms with Gasteiger partial charge in [-0.25, -0.2) is 4.79 Å². The highest BCUT2D eigenvalue weighted by Gasteiger charge is 2.69. The lowest BCUT2D eigenvalue weighted by Crippen LogP contribution is -2.73. The van der Waals surface area contributed by atoms with Crippen LogP contribution in [0.5, 0.6) is 17.2 Å². The fourth-order valence-corrected chi connectivity index (χ4v) is 3.57. The summed E-state index contributed by atoms with van der Waals surface area (Å²) in [6.07, 6.45) is 0. The van der Waals surface area contributed by atoms with Crippen molar-refractivity contribution in [2.75, 3.05) is 40.4 Å². The first-order valence-corrected chi connectivity index (χ1v) is 8.81. The Hall–Kier alpha value is -3.26. The molecule has 0 unspecified atom stereocenters. The van der Waals surface area contributed by atoms with E-state index in [-0.39, 0.29) is 0 Å². The molecule has 29 heavy (non-hydrogen) atoms. The van der Waals surface area contributed by atoms with Crippen LogP contribution in [0.1, 0.15) is 11.6 Å². The summed E-state index contributed by atoms with van der Waals surface area (Å²) in [6.45, 7) is 0. The molecule has 0 N–H and O–H groups in total. The Kier molecular flexibility index (Phi) is 5.65. The first kappa shape index (κ1) is 20.5. The van der Waals surface area contributed by atoms with Crippen LogP contribution in [0.3, 0.4) is 0 Å². The quantitative estimate of drug-likeness (QED) is 0.400. The molecule has 1 saturated heterocycles. The standard InChI is InChI=1S/C21H23NO7/c1-25-14-8-6-13(7-9-14)22-18(21(29-5,19(22)23)20(24)28-4)16-11-10-15(26-2)12-17(16)27-3/h6-12,18H,1-5H3/t18-,21-/m0/s1. The van der Waals surface area contributed by atoms with Gasteiger partial charge in [0, 0.05) is 24.4 Å².